The van der Waals surface area contributed by atoms with Gasteiger partial charge in [-0.15, -0.1) is 0 Å². The molecule has 158 valence electrons. The van der Waals surface area contributed by atoms with E-state index in [1.807, 2.05) is 13.8 Å². The van der Waals surface area contributed by atoms with Gasteiger partial charge in [0.2, 0.25) is 5.89 Å². The average Bonchev–Trinajstić information content (AvgIpc) is 3.45. The van der Waals surface area contributed by atoms with Gasteiger partial charge in [-0.1, -0.05) is 19.0 Å². The van der Waals surface area contributed by atoms with Gasteiger partial charge in [0.15, 0.2) is 23.1 Å². The number of nitrogens with one attached hydrogen (secondary N) is 1. The molecule has 0 aromatic carbocycles. The predicted molar refractivity (Wildman–Crippen MR) is 102 cm³/mol. The first-order chi connectivity index (χ1) is 14.3. The van der Waals surface area contributed by atoms with Crippen molar-refractivity contribution in [1.82, 2.24) is 35.1 Å². The maximum absolute atomic E-state index is 12.9. The molecule has 30 heavy (non-hydrogen) atoms. The largest absolute Gasteiger partial charge is 0.448 e. The van der Waals surface area contributed by atoms with E-state index < -0.39 is 0 Å². The Balaban J connectivity index is 1.45. The summed E-state index contributed by atoms with van der Waals surface area (Å²) in [5.41, 5.74) is 2.18. The highest BCUT2D eigenvalue weighted by Gasteiger charge is 2.30. The van der Waals surface area contributed by atoms with Gasteiger partial charge in [-0.2, -0.15) is 10.1 Å². The number of hydrogen-bond acceptors (Lipinski definition) is 8. The van der Waals surface area contributed by atoms with E-state index >= 15 is 0 Å². The van der Waals surface area contributed by atoms with Crippen LogP contribution in [0.3, 0.4) is 0 Å². The Bertz CT molecular complexity index is 1080. The third-order valence-electron chi connectivity index (χ3n) is 4.98. The van der Waals surface area contributed by atoms with Crippen LogP contribution in [0, 0.1) is 6.92 Å². The fraction of sp³-hybridized carbons (Fsp3) is 0.474. The van der Waals surface area contributed by atoms with Crippen LogP contribution < -0.4 is 0 Å². The summed E-state index contributed by atoms with van der Waals surface area (Å²) >= 11 is 0. The van der Waals surface area contributed by atoms with E-state index in [1.165, 1.54) is 11.2 Å². The monoisotopic (exact) mass is 413 g/mol. The zero-order chi connectivity index (χ0) is 21.4. The summed E-state index contributed by atoms with van der Waals surface area (Å²) in [6, 6.07) is 0. The molecule has 4 heterocycles. The number of aryl methyl sites for hydroxylation is 1. The van der Waals surface area contributed by atoms with Crippen LogP contribution in [0.4, 0.5) is 0 Å². The summed E-state index contributed by atoms with van der Waals surface area (Å²) in [4.78, 5) is 37.0. The Hall–Kier alpha value is -3.50. The van der Waals surface area contributed by atoms with Gasteiger partial charge in [0.25, 0.3) is 11.8 Å². The van der Waals surface area contributed by atoms with Gasteiger partial charge in [0.1, 0.15) is 12.8 Å². The minimum absolute atomic E-state index is 0.147. The van der Waals surface area contributed by atoms with Gasteiger partial charge in [-0.05, 0) is 6.42 Å². The van der Waals surface area contributed by atoms with Crippen LogP contribution in [0.2, 0.25) is 0 Å². The summed E-state index contributed by atoms with van der Waals surface area (Å²) in [7, 11) is 1.66. The van der Waals surface area contributed by atoms with Crippen LogP contribution in [0.5, 0.6) is 0 Å². The Kier molecular flexibility index (Phi) is 5.10. The molecular weight excluding hydrogens is 390 g/mol. The number of amides is 2. The van der Waals surface area contributed by atoms with Gasteiger partial charge in [-0.25, -0.2) is 4.98 Å². The van der Waals surface area contributed by atoms with E-state index in [1.54, 1.807) is 18.9 Å². The fourth-order valence-corrected chi connectivity index (χ4v) is 3.31. The molecule has 0 bridgehead atoms. The van der Waals surface area contributed by atoms with E-state index in [0.29, 0.717) is 42.8 Å². The quantitative estimate of drug-likeness (QED) is 0.668. The van der Waals surface area contributed by atoms with Crippen LogP contribution in [-0.2, 0) is 19.5 Å². The van der Waals surface area contributed by atoms with E-state index in [9.17, 15) is 9.59 Å². The highest BCUT2D eigenvalue weighted by atomic mass is 16.5. The maximum atomic E-state index is 12.9. The fourth-order valence-electron chi connectivity index (χ4n) is 3.31. The van der Waals surface area contributed by atoms with Crippen molar-refractivity contribution >= 4 is 11.8 Å². The number of rotatable bonds is 5. The van der Waals surface area contributed by atoms with Gasteiger partial charge < -0.3 is 18.7 Å². The molecule has 0 unspecified atom stereocenters. The Morgan fingerprint density at radius 1 is 1.33 bits per heavy atom. The molecule has 3 aromatic heterocycles. The zero-order valence-electron chi connectivity index (χ0n) is 17.3. The first-order valence-electron chi connectivity index (χ1n) is 9.69. The van der Waals surface area contributed by atoms with E-state index in [0.717, 1.165) is 11.3 Å². The summed E-state index contributed by atoms with van der Waals surface area (Å²) in [5.74, 6) is 1.11. The van der Waals surface area contributed by atoms with Crippen molar-refractivity contribution in [2.45, 2.75) is 46.2 Å². The van der Waals surface area contributed by atoms with E-state index in [4.69, 9.17) is 8.94 Å². The van der Waals surface area contributed by atoms with E-state index in [-0.39, 0.29) is 30.0 Å². The van der Waals surface area contributed by atoms with Crippen LogP contribution in [-0.4, -0.2) is 60.5 Å². The summed E-state index contributed by atoms with van der Waals surface area (Å²) in [6.45, 7) is 6.60. The topological polar surface area (TPSA) is 134 Å². The first kappa shape index (κ1) is 19.8. The number of carbonyl (C=O) groups is 2. The standard InChI is InChI=1S/C19H23N7O4/c1-10(2)17-21-15(30-24-17)8-25(4)19(28)16-12-5-6-26(7-13(12)22-23-16)18(27)14-9-29-11(3)20-14/h9-10H,5-8H2,1-4H3,(H,22,23). The van der Waals surface area contributed by atoms with Gasteiger partial charge >= 0.3 is 0 Å². The van der Waals surface area contributed by atoms with Crippen LogP contribution in [0.25, 0.3) is 0 Å². The molecule has 0 aliphatic carbocycles. The van der Waals surface area contributed by atoms with Crippen molar-refractivity contribution < 1.29 is 18.5 Å². The minimum atomic E-state index is -0.247. The molecule has 0 spiro atoms. The molecule has 0 fully saturated rings. The predicted octanol–water partition coefficient (Wildman–Crippen LogP) is 1.68. The molecule has 0 atom stereocenters. The normalized spacial score (nSPS) is 13.6. The molecule has 4 rings (SSSR count). The summed E-state index contributed by atoms with van der Waals surface area (Å²) in [5, 5.41) is 11.0. The second kappa shape index (κ2) is 7.73. The SMILES string of the molecule is Cc1nc(C(=O)N2CCc3c(C(=O)N(C)Cc4nc(C(C)C)no4)n[nH]c3C2)co1. The average molecular weight is 413 g/mol. The second-order valence-electron chi connectivity index (χ2n) is 7.62. The second-order valence-corrected chi connectivity index (χ2v) is 7.62. The lowest BCUT2D eigenvalue weighted by Crippen LogP contribution is -2.37. The van der Waals surface area contributed by atoms with Gasteiger partial charge in [0.05, 0.1) is 12.2 Å². The number of nitrogens with zero attached hydrogens (tertiary/aromatic N) is 6. The van der Waals surface area contributed by atoms with Crippen molar-refractivity contribution in [3.63, 3.8) is 0 Å². The maximum Gasteiger partial charge on any atom is 0.276 e. The van der Waals surface area contributed by atoms with Crippen LogP contribution in [0.15, 0.2) is 15.2 Å². The first-order valence-corrected chi connectivity index (χ1v) is 9.69. The molecule has 0 radical (unpaired) electrons. The Labute approximate surface area is 172 Å². The van der Waals surface area contributed by atoms with Gasteiger partial charge in [-0.3, -0.25) is 14.7 Å². The smallest absolute Gasteiger partial charge is 0.276 e. The zero-order valence-corrected chi connectivity index (χ0v) is 17.3. The van der Waals surface area contributed by atoms with Crippen LogP contribution >= 0.6 is 0 Å². The number of carbonyl (C=O) groups excluding carboxylic acids is 2. The highest BCUT2D eigenvalue weighted by Crippen LogP contribution is 2.23. The molecule has 0 saturated carbocycles. The molecule has 1 aliphatic heterocycles. The number of oxazole rings is 1. The molecule has 11 heteroatoms. The Morgan fingerprint density at radius 3 is 2.80 bits per heavy atom. The van der Waals surface area contributed by atoms with Crippen molar-refractivity contribution in [1.29, 1.82) is 0 Å². The minimum Gasteiger partial charge on any atom is -0.448 e. The molecule has 2 amide bonds. The lowest BCUT2D eigenvalue weighted by atomic mass is 10.0. The number of fused-ring (bicyclic) bond motifs is 1. The lowest BCUT2D eigenvalue weighted by Gasteiger charge is -2.26. The number of aromatic nitrogens is 5. The molecule has 0 saturated heterocycles. The van der Waals surface area contributed by atoms with Crippen molar-refractivity contribution in [3.8, 4) is 0 Å². The molecule has 1 aliphatic rings. The third-order valence-corrected chi connectivity index (χ3v) is 4.98. The molecule has 3 aromatic rings. The van der Waals surface area contributed by atoms with Crippen molar-refractivity contribution in [2.24, 2.45) is 0 Å². The van der Waals surface area contributed by atoms with Crippen molar-refractivity contribution in [2.75, 3.05) is 13.6 Å². The number of hydrogen-bond donors (Lipinski definition) is 1. The Morgan fingerprint density at radius 2 is 2.13 bits per heavy atom. The summed E-state index contributed by atoms with van der Waals surface area (Å²) < 4.78 is 10.3. The highest BCUT2D eigenvalue weighted by molar-refractivity contribution is 5.94. The summed E-state index contributed by atoms with van der Waals surface area (Å²) in [6.07, 6.45) is 1.87. The molecule has 11 nitrogen and oxygen atoms in total. The molecular formula is C19H23N7O4. The molecule has 1 N–H and O–H groups in total. The third kappa shape index (κ3) is 3.70. The lowest BCUT2D eigenvalue weighted by molar-refractivity contribution is 0.0726. The van der Waals surface area contributed by atoms with Crippen LogP contribution in [0.1, 0.15) is 69.6 Å². The number of H-pyrrole nitrogens is 1. The van der Waals surface area contributed by atoms with E-state index in [2.05, 4.69) is 25.3 Å². The van der Waals surface area contributed by atoms with Gasteiger partial charge in [0, 0.05) is 32.0 Å². The number of aromatic amines is 1. The van der Waals surface area contributed by atoms with Crippen molar-refractivity contribution in [3.05, 3.63) is 46.5 Å².